The molecule has 3 heterocycles. The van der Waals surface area contributed by atoms with Crippen LogP contribution in [0.2, 0.25) is 5.02 Å². The molecule has 0 radical (unpaired) electrons. The number of nitrogens with one attached hydrogen (secondary N) is 1. The van der Waals surface area contributed by atoms with E-state index in [4.69, 9.17) is 16.0 Å². The number of carbonyl (C=O) groups is 1. The van der Waals surface area contributed by atoms with E-state index in [0.29, 0.717) is 23.0 Å². The van der Waals surface area contributed by atoms with E-state index in [1.54, 1.807) is 31.3 Å². The summed E-state index contributed by atoms with van der Waals surface area (Å²) in [6.07, 6.45) is 2.01. The lowest BCUT2D eigenvalue weighted by Gasteiger charge is -2.12. The van der Waals surface area contributed by atoms with E-state index in [0.717, 1.165) is 5.56 Å². The van der Waals surface area contributed by atoms with Gasteiger partial charge in [0.05, 0.1) is 19.4 Å². The van der Waals surface area contributed by atoms with Gasteiger partial charge in [-0.2, -0.15) is 0 Å². The van der Waals surface area contributed by atoms with Crippen molar-refractivity contribution in [2.24, 2.45) is 7.05 Å². The van der Waals surface area contributed by atoms with E-state index in [1.807, 2.05) is 19.1 Å². The minimum atomic E-state index is -0.534. The van der Waals surface area contributed by atoms with Crippen LogP contribution in [0.4, 0.5) is 0 Å². The Morgan fingerprint density at radius 2 is 2.10 bits per heavy atom. The molecule has 8 nitrogen and oxygen atoms in total. The molecule has 0 aliphatic heterocycles. The smallest absolute Gasteiger partial charge is 0.272 e. The Bertz CT molecular complexity index is 1320. The Morgan fingerprint density at radius 1 is 1.29 bits per heavy atom. The molecule has 0 fully saturated rings. The first-order chi connectivity index (χ1) is 14.9. The van der Waals surface area contributed by atoms with Crippen LogP contribution in [0.3, 0.4) is 0 Å². The van der Waals surface area contributed by atoms with Crippen LogP contribution < -0.4 is 10.9 Å². The lowest BCUT2D eigenvalue weighted by atomic mass is 10.2. The lowest BCUT2D eigenvalue weighted by molar-refractivity contribution is 0.0937. The highest BCUT2D eigenvalue weighted by Gasteiger charge is 2.26. The molecule has 160 valence electrons. The quantitative estimate of drug-likeness (QED) is 0.479. The van der Waals surface area contributed by atoms with Gasteiger partial charge in [0.2, 0.25) is 0 Å². The van der Waals surface area contributed by atoms with Gasteiger partial charge in [-0.3, -0.25) is 14.2 Å². The summed E-state index contributed by atoms with van der Waals surface area (Å²) in [6, 6.07) is 10.6. The van der Waals surface area contributed by atoms with Crippen LogP contribution in [-0.4, -0.2) is 25.1 Å². The normalized spacial score (nSPS) is 11.2. The molecule has 3 aromatic heterocycles. The molecule has 0 atom stereocenters. The van der Waals surface area contributed by atoms with Gasteiger partial charge < -0.3 is 19.4 Å². The third-order valence-corrected chi connectivity index (χ3v) is 5.34. The highest BCUT2D eigenvalue weighted by atomic mass is 35.5. The van der Waals surface area contributed by atoms with Crippen LogP contribution >= 0.6 is 11.6 Å². The first-order valence-corrected chi connectivity index (χ1v) is 10.1. The standard InChI is InChI=1S/C22H21ClN4O4/c1-3-16-25-20-17(22(30)27(16)12-13-6-4-7-14(23)10-13)19(28)18(26(20)2)21(29)24-11-15-8-5-9-31-15/h4-10,28H,3,11-12H2,1-2H3,(H,24,29). The van der Waals surface area contributed by atoms with Gasteiger partial charge in [0, 0.05) is 18.5 Å². The van der Waals surface area contributed by atoms with Crippen molar-refractivity contribution < 1.29 is 14.3 Å². The topological polar surface area (TPSA) is 102 Å². The summed E-state index contributed by atoms with van der Waals surface area (Å²) >= 11 is 6.07. The first kappa shape index (κ1) is 20.7. The molecule has 2 N–H and O–H groups in total. The van der Waals surface area contributed by atoms with Crippen LogP contribution in [0.15, 0.2) is 51.9 Å². The van der Waals surface area contributed by atoms with E-state index in [-0.39, 0.29) is 29.8 Å². The van der Waals surface area contributed by atoms with Gasteiger partial charge in [0.15, 0.2) is 17.1 Å². The zero-order valence-electron chi connectivity index (χ0n) is 17.1. The average molecular weight is 441 g/mol. The Hall–Kier alpha value is -3.52. The second kappa shape index (κ2) is 8.31. The van der Waals surface area contributed by atoms with Crippen molar-refractivity contribution in [1.82, 2.24) is 19.4 Å². The highest BCUT2D eigenvalue weighted by Crippen LogP contribution is 2.28. The summed E-state index contributed by atoms with van der Waals surface area (Å²) in [7, 11) is 1.59. The summed E-state index contributed by atoms with van der Waals surface area (Å²) < 4.78 is 8.15. The summed E-state index contributed by atoms with van der Waals surface area (Å²) in [5, 5.41) is 14.1. The van der Waals surface area contributed by atoms with Crippen molar-refractivity contribution in [1.29, 1.82) is 0 Å². The second-order valence-electron chi connectivity index (χ2n) is 7.12. The van der Waals surface area contributed by atoms with E-state index < -0.39 is 17.2 Å². The molecule has 0 spiro atoms. The minimum absolute atomic E-state index is 0.00452. The maximum absolute atomic E-state index is 13.3. The molecule has 1 amide bonds. The van der Waals surface area contributed by atoms with Crippen molar-refractivity contribution in [2.45, 2.75) is 26.4 Å². The number of aryl methyl sites for hydroxylation is 2. The molecule has 0 aliphatic rings. The van der Waals surface area contributed by atoms with Gasteiger partial charge in [-0.05, 0) is 29.8 Å². The van der Waals surface area contributed by atoms with Crippen LogP contribution in [0.25, 0.3) is 11.0 Å². The van der Waals surface area contributed by atoms with E-state index >= 15 is 0 Å². The fourth-order valence-electron chi connectivity index (χ4n) is 3.59. The number of hydrogen-bond donors (Lipinski definition) is 2. The molecule has 0 unspecified atom stereocenters. The number of rotatable bonds is 6. The fourth-order valence-corrected chi connectivity index (χ4v) is 3.81. The van der Waals surface area contributed by atoms with Gasteiger partial charge in [-0.1, -0.05) is 30.7 Å². The highest BCUT2D eigenvalue weighted by molar-refractivity contribution is 6.30. The molecular weight excluding hydrogens is 420 g/mol. The van der Waals surface area contributed by atoms with Crippen LogP contribution in [0.1, 0.15) is 34.6 Å². The van der Waals surface area contributed by atoms with E-state index in [9.17, 15) is 14.7 Å². The molecule has 0 saturated carbocycles. The van der Waals surface area contributed by atoms with E-state index in [1.165, 1.54) is 15.4 Å². The SMILES string of the molecule is CCc1nc2c(c(O)c(C(=O)NCc3ccco3)n2C)c(=O)n1Cc1cccc(Cl)c1. The van der Waals surface area contributed by atoms with Crippen molar-refractivity contribution in [3.05, 3.63) is 80.9 Å². The number of aromatic hydroxyl groups is 1. The molecule has 0 saturated heterocycles. The summed E-state index contributed by atoms with van der Waals surface area (Å²) in [5.74, 6) is 0.185. The minimum Gasteiger partial charge on any atom is -0.505 e. The van der Waals surface area contributed by atoms with Crippen LogP contribution in [0.5, 0.6) is 5.75 Å². The number of furan rings is 1. The van der Waals surface area contributed by atoms with Crippen molar-refractivity contribution >= 4 is 28.5 Å². The van der Waals surface area contributed by atoms with Crippen LogP contribution in [0, 0.1) is 0 Å². The van der Waals surface area contributed by atoms with Gasteiger partial charge in [0.25, 0.3) is 11.5 Å². The monoisotopic (exact) mass is 440 g/mol. The van der Waals surface area contributed by atoms with Crippen molar-refractivity contribution in [2.75, 3.05) is 0 Å². The van der Waals surface area contributed by atoms with Gasteiger partial charge in [-0.25, -0.2) is 4.98 Å². The molecule has 31 heavy (non-hydrogen) atoms. The summed E-state index contributed by atoms with van der Waals surface area (Å²) in [4.78, 5) is 30.6. The maximum atomic E-state index is 13.3. The van der Waals surface area contributed by atoms with Gasteiger partial charge in [0.1, 0.15) is 17.0 Å². The second-order valence-corrected chi connectivity index (χ2v) is 7.56. The third-order valence-electron chi connectivity index (χ3n) is 5.11. The predicted molar refractivity (Wildman–Crippen MR) is 116 cm³/mol. The summed E-state index contributed by atoms with van der Waals surface area (Å²) in [6.45, 7) is 2.29. The number of aromatic nitrogens is 3. The maximum Gasteiger partial charge on any atom is 0.272 e. The zero-order valence-corrected chi connectivity index (χ0v) is 17.8. The molecule has 4 aromatic rings. The number of amides is 1. The lowest BCUT2D eigenvalue weighted by Crippen LogP contribution is -2.26. The fraction of sp³-hybridized carbons (Fsp3) is 0.227. The van der Waals surface area contributed by atoms with Crippen LogP contribution in [-0.2, 0) is 26.6 Å². The number of fused-ring (bicyclic) bond motifs is 1. The molecular formula is C22H21ClN4O4. The Morgan fingerprint density at radius 3 is 2.77 bits per heavy atom. The molecule has 1 aromatic carbocycles. The molecule has 0 aliphatic carbocycles. The Balaban J connectivity index is 1.78. The molecule has 9 heteroatoms. The average Bonchev–Trinajstić information content (AvgIpc) is 3.35. The number of halogens is 1. The number of benzene rings is 1. The zero-order chi connectivity index (χ0) is 22.1. The van der Waals surface area contributed by atoms with Crippen molar-refractivity contribution in [3.8, 4) is 5.75 Å². The van der Waals surface area contributed by atoms with Gasteiger partial charge >= 0.3 is 0 Å². The largest absolute Gasteiger partial charge is 0.505 e. The number of hydrogen-bond acceptors (Lipinski definition) is 5. The Labute approximate surface area is 182 Å². The predicted octanol–water partition coefficient (Wildman–Crippen LogP) is 3.23. The third kappa shape index (κ3) is 3.82. The number of nitrogens with zero attached hydrogens (tertiary/aromatic N) is 3. The number of carbonyl (C=O) groups excluding carboxylic acids is 1. The van der Waals surface area contributed by atoms with E-state index in [2.05, 4.69) is 10.3 Å². The van der Waals surface area contributed by atoms with Gasteiger partial charge in [-0.15, -0.1) is 0 Å². The Kier molecular flexibility index (Phi) is 5.56. The molecule has 4 rings (SSSR count). The summed E-state index contributed by atoms with van der Waals surface area (Å²) in [5.41, 5.74) is 0.635. The van der Waals surface area contributed by atoms with Crippen molar-refractivity contribution in [3.63, 3.8) is 0 Å². The molecule has 0 bridgehead atoms. The first-order valence-electron chi connectivity index (χ1n) is 9.76.